The fraction of sp³-hybridized carbons (Fsp3) is 0.409. The van der Waals surface area contributed by atoms with Crippen LogP contribution in [-0.4, -0.2) is 37.5 Å². The first-order chi connectivity index (χ1) is 14.0. The largest absolute Gasteiger partial charge is 0.361 e. The second-order valence-electron chi connectivity index (χ2n) is 7.59. The summed E-state index contributed by atoms with van der Waals surface area (Å²) in [6, 6.07) is 5.74. The first kappa shape index (κ1) is 19.2. The average molecular weight is 391 g/mol. The lowest BCUT2D eigenvalue weighted by Gasteiger charge is -2.35. The lowest BCUT2D eigenvalue weighted by molar-refractivity contribution is -0.134. The maximum Gasteiger partial charge on any atom is 0.227 e. The summed E-state index contributed by atoms with van der Waals surface area (Å²) in [7, 11) is 0. The predicted molar refractivity (Wildman–Crippen MR) is 108 cm³/mol. The van der Waals surface area contributed by atoms with Gasteiger partial charge in [-0.05, 0) is 57.7 Å². The van der Waals surface area contributed by atoms with Crippen molar-refractivity contribution in [3.63, 3.8) is 0 Å². The zero-order valence-electron chi connectivity index (χ0n) is 17.1. The molecule has 7 heteroatoms. The second-order valence-corrected chi connectivity index (χ2v) is 7.59. The molecule has 0 bridgehead atoms. The molecule has 1 amide bonds. The van der Waals surface area contributed by atoms with Crippen molar-refractivity contribution in [3.05, 3.63) is 59.0 Å². The third kappa shape index (κ3) is 4.04. The van der Waals surface area contributed by atoms with Crippen LogP contribution < -0.4 is 0 Å². The SMILES string of the molecule is Cc1cc(C2CCCCN2C(=O)Cc2cccnc2)nc(-c2c(C)noc2C)n1. The molecule has 0 radical (unpaired) electrons. The van der Waals surface area contributed by atoms with Crippen molar-refractivity contribution in [3.8, 4) is 11.4 Å². The van der Waals surface area contributed by atoms with Crippen LogP contribution in [0.3, 0.4) is 0 Å². The normalized spacial score (nSPS) is 16.8. The van der Waals surface area contributed by atoms with Crippen LogP contribution >= 0.6 is 0 Å². The number of aromatic nitrogens is 4. The van der Waals surface area contributed by atoms with E-state index in [1.807, 2.05) is 43.9 Å². The zero-order valence-corrected chi connectivity index (χ0v) is 17.1. The van der Waals surface area contributed by atoms with Crippen molar-refractivity contribution < 1.29 is 9.32 Å². The van der Waals surface area contributed by atoms with Gasteiger partial charge in [0.25, 0.3) is 0 Å². The summed E-state index contributed by atoms with van der Waals surface area (Å²) < 4.78 is 5.30. The summed E-state index contributed by atoms with van der Waals surface area (Å²) in [4.78, 5) is 28.6. The molecule has 1 atom stereocenters. The molecule has 3 aromatic rings. The minimum absolute atomic E-state index is 0.0474. The monoisotopic (exact) mass is 391 g/mol. The van der Waals surface area contributed by atoms with Gasteiger partial charge < -0.3 is 9.42 Å². The first-order valence-electron chi connectivity index (χ1n) is 10.00. The van der Waals surface area contributed by atoms with Gasteiger partial charge in [0.1, 0.15) is 5.76 Å². The van der Waals surface area contributed by atoms with E-state index in [0.29, 0.717) is 18.0 Å². The lowest BCUT2D eigenvalue weighted by atomic mass is 9.97. The van der Waals surface area contributed by atoms with Crippen LogP contribution in [0.2, 0.25) is 0 Å². The fourth-order valence-electron chi connectivity index (χ4n) is 3.99. The summed E-state index contributed by atoms with van der Waals surface area (Å²) in [6.45, 7) is 6.46. The van der Waals surface area contributed by atoms with Gasteiger partial charge in [-0.25, -0.2) is 9.97 Å². The highest BCUT2D eigenvalue weighted by molar-refractivity contribution is 5.79. The molecule has 1 aliphatic rings. The molecule has 4 heterocycles. The van der Waals surface area contributed by atoms with E-state index in [-0.39, 0.29) is 11.9 Å². The van der Waals surface area contributed by atoms with Gasteiger partial charge in [-0.1, -0.05) is 11.2 Å². The number of hydrogen-bond donors (Lipinski definition) is 0. The summed E-state index contributed by atoms with van der Waals surface area (Å²) in [6.07, 6.45) is 6.81. The third-order valence-corrected chi connectivity index (χ3v) is 5.37. The lowest BCUT2D eigenvalue weighted by Crippen LogP contribution is -2.39. The summed E-state index contributed by atoms with van der Waals surface area (Å²) in [5, 5.41) is 4.03. The number of carbonyl (C=O) groups is 1. The van der Waals surface area contributed by atoms with E-state index in [0.717, 1.165) is 54.0 Å². The fourth-order valence-corrected chi connectivity index (χ4v) is 3.99. The molecule has 7 nitrogen and oxygen atoms in total. The Bertz CT molecular complexity index is 996. The third-order valence-electron chi connectivity index (χ3n) is 5.37. The summed E-state index contributed by atoms with van der Waals surface area (Å²) >= 11 is 0. The van der Waals surface area contributed by atoms with E-state index >= 15 is 0 Å². The molecule has 1 aliphatic heterocycles. The Hall–Kier alpha value is -3.09. The van der Waals surface area contributed by atoms with E-state index in [9.17, 15) is 4.79 Å². The number of nitrogens with zero attached hydrogens (tertiary/aromatic N) is 5. The molecule has 0 aromatic carbocycles. The minimum atomic E-state index is -0.0474. The predicted octanol–water partition coefficient (Wildman–Crippen LogP) is 3.75. The van der Waals surface area contributed by atoms with Crippen LogP contribution in [0.5, 0.6) is 0 Å². The molecular formula is C22H25N5O2. The topological polar surface area (TPSA) is 85.0 Å². The van der Waals surface area contributed by atoms with Crippen LogP contribution in [0.15, 0.2) is 35.1 Å². The molecule has 1 saturated heterocycles. The molecule has 3 aromatic heterocycles. The Balaban J connectivity index is 1.66. The van der Waals surface area contributed by atoms with Gasteiger partial charge in [0, 0.05) is 24.6 Å². The van der Waals surface area contributed by atoms with Crippen LogP contribution in [0.1, 0.15) is 53.7 Å². The van der Waals surface area contributed by atoms with E-state index in [4.69, 9.17) is 9.51 Å². The number of carbonyl (C=O) groups excluding carboxylic acids is 1. The number of amides is 1. The molecule has 4 rings (SSSR count). The Labute approximate surface area is 170 Å². The molecule has 0 aliphatic carbocycles. The van der Waals surface area contributed by atoms with E-state index in [2.05, 4.69) is 15.1 Å². The highest BCUT2D eigenvalue weighted by atomic mass is 16.5. The molecule has 1 fully saturated rings. The molecular weight excluding hydrogens is 366 g/mol. The standard InChI is InChI=1S/C22H25N5O2/c1-14-11-18(25-22(24-14)21-15(2)26-29-16(21)3)19-8-4-5-10-27(19)20(28)12-17-7-6-9-23-13-17/h6-7,9,11,13,19H,4-5,8,10,12H2,1-3H3. The molecule has 0 N–H and O–H groups in total. The number of hydrogen-bond acceptors (Lipinski definition) is 6. The average Bonchev–Trinajstić information content (AvgIpc) is 3.06. The first-order valence-corrected chi connectivity index (χ1v) is 10.00. The van der Waals surface area contributed by atoms with Gasteiger partial charge in [0.2, 0.25) is 5.91 Å². The van der Waals surface area contributed by atoms with Crippen molar-refractivity contribution in [2.24, 2.45) is 0 Å². The van der Waals surface area contributed by atoms with Gasteiger partial charge in [0.05, 0.1) is 29.4 Å². The number of rotatable bonds is 4. The highest BCUT2D eigenvalue weighted by Gasteiger charge is 2.30. The van der Waals surface area contributed by atoms with Gasteiger partial charge in [-0.2, -0.15) is 0 Å². The number of aryl methyl sites for hydroxylation is 3. The maximum absolute atomic E-state index is 13.1. The Kier molecular flexibility index (Phi) is 5.38. The van der Waals surface area contributed by atoms with Crippen LogP contribution in [-0.2, 0) is 11.2 Å². The van der Waals surface area contributed by atoms with Crippen molar-refractivity contribution >= 4 is 5.91 Å². The van der Waals surface area contributed by atoms with Crippen LogP contribution in [0.4, 0.5) is 0 Å². The minimum Gasteiger partial charge on any atom is -0.361 e. The molecule has 1 unspecified atom stereocenters. The van der Waals surface area contributed by atoms with Gasteiger partial charge in [0.15, 0.2) is 5.82 Å². The number of likely N-dealkylation sites (tertiary alicyclic amines) is 1. The van der Waals surface area contributed by atoms with E-state index in [1.54, 1.807) is 12.4 Å². The Morgan fingerprint density at radius 2 is 2.10 bits per heavy atom. The number of pyridine rings is 1. The van der Waals surface area contributed by atoms with E-state index in [1.165, 1.54) is 0 Å². The van der Waals surface area contributed by atoms with Crippen molar-refractivity contribution in [2.75, 3.05) is 6.54 Å². The van der Waals surface area contributed by atoms with Gasteiger partial charge in [-0.15, -0.1) is 0 Å². The summed E-state index contributed by atoms with van der Waals surface area (Å²) in [5.74, 6) is 1.42. The Morgan fingerprint density at radius 3 is 2.83 bits per heavy atom. The molecule has 29 heavy (non-hydrogen) atoms. The van der Waals surface area contributed by atoms with E-state index < -0.39 is 0 Å². The van der Waals surface area contributed by atoms with Crippen LogP contribution in [0, 0.1) is 20.8 Å². The smallest absolute Gasteiger partial charge is 0.227 e. The summed E-state index contributed by atoms with van der Waals surface area (Å²) in [5.41, 5.74) is 4.28. The second kappa shape index (κ2) is 8.11. The quantitative estimate of drug-likeness (QED) is 0.673. The highest BCUT2D eigenvalue weighted by Crippen LogP contribution is 2.32. The van der Waals surface area contributed by atoms with Crippen molar-refractivity contribution in [2.45, 2.75) is 52.5 Å². The zero-order chi connectivity index (χ0) is 20.4. The number of piperidine rings is 1. The molecule has 0 saturated carbocycles. The molecule has 150 valence electrons. The Morgan fingerprint density at radius 1 is 1.24 bits per heavy atom. The maximum atomic E-state index is 13.1. The van der Waals surface area contributed by atoms with Gasteiger partial charge in [-0.3, -0.25) is 9.78 Å². The molecule has 0 spiro atoms. The van der Waals surface area contributed by atoms with Crippen molar-refractivity contribution in [1.82, 2.24) is 25.0 Å². The van der Waals surface area contributed by atoms with Crippen LogP contribution in [0.25, 0.3) is 11.4 Å². The van der Waals surface area contributed by atoms with Gasteiger partial charge >= 0.3 is 0 Å². The van der Waals surface area contributed by atoms with Crippen molar-refractivity contribution in [1.29, 1.82) is 0 Å².